The number of aryl methyl sites for hydroxylation is 1. The van der Waals surface area contributed by atoms with E-state index in [0.29, 0.717) is 5.69 Å². The number of nitrogens with one attached hydrogen (secondary N) is 1. The molecule has 1 fully saturated rings. The Bertz CT molecular complexity index is 448. The predicted octanol–water partition coefficient (Wildman–Crippen LogP) is 3.49. The average Bonchev–Trinajstić information content (AvgIpc) is 2.35. The Kier molecular flexibility index (Phi) is 3.60. The van der Waals surface area contributed by atoms with Crippen molar-refractivity contribution in [3.63, 3.8) is 0 Å². The Morgan fingerprint density at radius 3 is 2.61 bits per heavy atom. The monoisotopic (exact) mass is 246 g/mol. The number of nitrogen functional groups attached to an aromatic ring is 1. The van der Waals surface area contributed by atoms with Gasteiger partial charge in [-0.2, -0.15) is 0 Å². The van der Waals surface area contributed by atoms with Crippen molar-refractivity contribution in [2.45, 2.75) is 46.0 Å². The standard InChI is InChI=1S/C15H22N2O/c1-11-6-7-12(16)10-13(11)17-14(18)15(2)8-4-3-5-9-15/h6-7,10H,3-5,8-9,16H2,1-2H3,(H,17,18). The topological polar surface area (TPSA) is 55.1 Å². The molecule has 1 aliphatic rings. The molecular weight excluding hydrogens is 224 g/mol. The van der Waals surface area contributed by atoms with Gasteiger partial charge < -0.3 is 11.1 Å². The van der Waals surface area contributed by atoms with Gasteiger partial charge in [0.1, 0.15) is 0 Å². The number of amides is 1. The van der Waals surface area contributed by atoms with Crippen LogP contribution in [0.2, 0.25) is 0 Å². The third-order valence-electron chi connectivity index (χ3n) is 4.02. The fraction of sp³-hybridized carbons (Fsp3) is 0.533. The van der Waals surface area contributed by atoms with Crippen molar-refractivity contribution < 1.29 is 4.79 Å². The van der Waals surface area contributed by atoms with Crippen LogP contribution in [-0.4, -0.2) is 5.91 Å². The van der Waals surface area contributed by atoms with E-state index in [2.05, 4.69) is 12.2 Å². The highest BCUT2D eigenvalue weighted by Gasteiger charge is 2.34. The van der Waals surface area contributed by atoms with Gasteiger partial charge in [-0.25, -0.2) is 0 Å². The number of rotatable bonds is 2. The fourth-order valence-electron chi connectivity index (χ4n) is 2.61. The smallest absolute Gasteiger partial charge is 0.230 e. The van der Waals surface area contributed by atoms with Crippen molar-refractivity contribution in [1.29, 1.82) is 0 Å². The molecule has 0 unspecified atom stereocenters. The van der Waals surface area contributed by atoms with Crippen molar-refractivity contribution in [1.82, 2.24) is 0 Å². The van der Waals surface area contributed by atoms with Crippen LogP contribution in [-0.2, 0) is 4.79 Å². The lowest BCUT2D eigenvalue weighted by Gasteiger charge is -2.32. The summed E-state index contributed by atoms with van der Waals surface area (Å²) in [4.78, 5) is 12.4. The number of carbonyl (C=O) groups is 1. The molecule has 3 heteroatoms. The SMILES string of the molecule is Cc1ccc(N)cc1NC(=O)C1(C)CCCCC1. The van der Waals surface area contributed by atoms with Crippen molar-refractivity contribution in [3.8, 4) is 0 Å². The summed E-state index contributed by atoms with van der Waals surface area (Å²) in [6.07, 6.45) is 5.53. The van der Waals surface area contributed by atoms with Gasteiger partial charge in [0.05, 0.1) is 0 Å². The number of nitrogens with two attached hydrogens (primary N) is 1. The Morgan fingerprint density at radius 2 is 1.94 bits per heavy atom. The summed E-state index contributed by atoms with van der Waals surface area (Å²) in [5, 5.41) is 3.04. The molecule has 0 atom stereocenters. The Morgan fingerprint density at radius 1 is 1.28 bits per heavy atom. The number of benzene rings is 1. The van der Waals surface area contributed by atoms with Crippen molar-refractivity contribution >= 4 is 17.3 Å². The fourth-order valence-corrected chi connectivity index (χ4v) is 2.61. The normalized spacial score (nSPS) is 18.3. The zero-order valence-electron chi connectivity index (χ0n) is 11.3. The lowest BCUT2D eigenvalue weighted by molar-refractivity contribution is -0.126. The van der Waals surface area contributed by atoms with Crippen LogP contribution in [0.1, 0.15) is 44.6 Å². The van der Waals surface area contributed by atoms with Crippen LogP contribution in [0.15, 0.2) is 18.2 Å². The first-order valence-corrected chi connectivity index (χ1v) is 6.69. The maximum atomic E-state index is 12.4. The molecule has 1 aromatic rings. The highest BCUT2D eigenvalue weighted by atomic mass is 16.2. The van der Waals surface area contributed by atoms with E-state index < -0.39 is 0 Å². The average molecular weight is 246 g/mol. The quantitative estimate of drug-likeness (QED) is 0.785. The molecule has 1 amide bonds. The molecule has 1 aromatic carbocycles. The van der Waals surface area contributed by atoms with Gasteiger partial charge >= 0.3 is 0 Å². The second-order valence-corrected chi connectivity index (χ2v) is 5.65. The van der Waals surface area contributed by atoms with E-state index in [1.165, 1.54) is 6.42 Å². The van der Waals surface area contributed by atoms with Crippen molar-refractivity contribution in [3.05, 3.63) is 23.8 Å². The van der Waals surface area contributed by atoms with E-state index in [1.807, 2.05) is 25.1 Å². The number of carbonyl (C=O) groups excluding carboxylic acids is 1. The minimum atomic E-state index is -0.213. The van der Waals surface area contributed by atoms with Crippen LogP contribution in [0, 0.1) is 12.3 Å². The summed E-state index contributed by atoms with van der Waals surface area (Å²) in [7, 11) is 0. The predicted molar refractivity (Wildman–Crippen MR) is 75.4 cm³/mol. The van der Waals surface area contributed by atoms with Gasteiger partial charge in [0.2, 0.25) is 5.91 Å². The molecule has 3 N–H and O–H groups in total. The number of hydrogen-bond acceptors (Lipinski definition) is 2. The van der Waals surface area contributed by atoms with Crippen LogP contribution in [0.5, 0.6) is 0 Å². The molecule has 0 saturated heterocycles. The van der Waals surface area contributed by atoms with Crippen molar-refractivity contribution in [2.75, 3.05) is 11.1 Å². The van der Waals surface area contributed by atoms with Crippen LogP contribution < -0.4 is 11.1 Å². The molecular formula is C15H22N2O. The number of anilines is 2. The summed E-state index contributed by atoms with van der Waals surface area (Å²) in [6.45, 7) is 4.06. The third kappa shape index (κ3) is 2.66. The van der Waals surface area contributed by atoms with E-state index in [-0.39, 0.29) is 11.3 Å². The highest BCUT2D eigenvalue weighted by molar-refractivity contribution is 5.96. The van der Waals surface area contributed by atoms with Gasteiger partial charge in [-0.05, 0) is 37.5 Å². The van der Waals surface area contributed by atoms with E-state index in [0.717, 1.165) is 36.9 Å². The maximum absolute atomic E-state index is 12.4. The summed E-state index contributed by atoms with van der Waals surface area (Å²) in [5.74, 6) is 0.135. The Labute approximate surface area is 109 Å². The first kappa shape index (κ1) is 12.9. The number of hydrogen-bond donors (Lipinski definition) is 2. The minimum Gasteiger partial charge on any atom is -0.399 e. The second-order valence-electron chi connectivity index (χ2n) is 5.65. The summed E-state index contributed by atoms with van der Waals surface area (Å²) < 4.78 is 0. The highest BCUT2D eigenvalue weighted by Crippen LogP contribution is 2.37. The van der Waals surface area contributed by atoms with Gasteiger partial charge in [-0.15, -0.1) is 0 Å². The molecule has 18 heavy (non-hydrogen) atoms. The molecule has 0 aromatic heterocycles. The van der Waals surface area contributed by atoms with Crippen LogP contribution >= 0.6 is 0 Å². The molecule has 0 bridgehead atoms. The van der Waals surface area contributed by atoms with E-state index in [4.69, 9.17) is 5.73 Å². The van der Waals surface area contributed by atoms with Crippen LogP contribution in [0.25, 0.3) is 0 Å². The zero-order chi connectivity index (χ0) is 13.2. The Balaban J connectivity index is 2.13. The van der Waals surface area contributed by atoms with E-state index in [1.54, 1.807) is 0 Å². The van der Waals surface area contributed by atoms with Crippen LogP contribution in [0.4, 0.5) is 11.4 Å². The molecule has 2 rings (SSSR count). The largest absolute Gasteiger partial charge is 0.399 e. The molecule has 0 spiro atoms. The van der Waals surface area contributed by atoms with Crippen LogP contribution in [0.3, 0.4) is 0 Å². The molecule has 98 valence electrons. The Hall–Kier alpha value is -1.51. The second kappa shape index (κ2) is 5.01. The maximum Gasteiger partial charge on any atom is 0.230 e. The molecule has 1 aliphatic carbocycles. The summed E-state index contributed by atoms with van der Waals surface area (Å²) in [5.41, 5.74) is 8.13. The van der Waals surface area contributed by atoms with Gasteiger partial charge in [-0.3, -0.25) is 4.79 Å². The first-order chi connectivity index (χ1) is 8.51. The molecule has 0 heterocycles. The molecule has 0 aliphatic heterocycles. The molecule has 0 radical (unpaired) electrons. The van der Waals surface area contributed by atoms with Gasteiger partial charge in [0, 0.05) is 16.8 Å². The van der Waals surface area contributed by atoms with Gasteiger partial charge in [-0.1, -0.05) is 32.3 Å². The molecule has 1 saturated carbocycles. The van der Waals surface area contributed by atoms with Crippen molar-refractivity contribution in [2.24, 2.45) is 5.41 Å². The van der Waals surface area contributed by atoms with Gasteiger partial charge in [0.25, 0.3) is 0 Å². The lowest BCUT2D eigenvalue weighted by Crippen LogP contribution is -2.35. The summed E-state index contributed by atoms with van der Waals surface area (Å²) >= 11 is 0. The minimum absolute atomic E-state index is 0.135. The summed E-state index contributed by atoms with van der Waals surface area (Å²) in [6, 6.07) is 5.63. The van der Waals surface area contributed by atoms with Gasteiger partial charge in [0.15, 0.2) is 0 Å². The van der Waals surface area contributed by atoms with E-state index in [9.17, 15) is 4.79 Å². The lowest BCUT2D eigenvalue weighted by atomic mass is 9.75. The van der Waals surface area contributed by atoms with E-state index >= 15 is 0 Å². The first-order valence-electron chi connectivity index (χ1n) is 6.69. The zero-order valence-corrected chi connectivity index (χ0v) is 11.3. The molecule has 3 nitrogen and oxygen atoms in total. The third-order valence-corrected chi connectivity index (χ3v) is 4.02.